The van der Waals surface area contributed by atoms with E-state index in [9.17, 15) is 4.79 Å². The first-order chi connectivity index (χ1) is 13.6. The van der Waals surface area contributed by atoms with Crippen molar-refractivity contribution in [2.24, 2.45) is 5.73 Å². The van der Waals surface area contributed by atoms with E-state index in [-0.39, 0.29) is 7.43 Å². The van der Waals surface area contributed by atoms with E-state index in [2.05, 4.69) is 27.4 Å². The Balaban J connectivity index is 0.00000205. The fourth-order valence-corrected chi connectivity index (χ4v) is 4.92. The van der Waals surface area contributed by atoms with E-state index >= 15 is 0 Å². The highest BCUT2D eigenvalue weighted by molar-refractivity contribution is 5.90. The Hall–Kier alpha value is -2.73. The minimum atomic E-state index is -0.488. The Labute approximate surface area is 171 Å². The number of nitrogens with zero attached hydrogens (tertiary/aromatic N) is 4. The zero-order valence-electron chi connectivity index (χ0n) is 16.2. The van der Waals surface area contributed by atoms with Crippen molar-refractivity contribution in [3.63, 3.8) is 0 Å². The molecule has 2 aliphatic heterocycles. The van der Waals surface area contributed by atoms with Gasteiger partial charge in [0, 0.05) is 49.0 Å². The number of pyridine rings is 2. The van der Waals surface area contributed by atoms with Gasteiger partial charge in [-0.05, 0) is 61.6 Å². The second-order valence-corrected chi connectivity index (χ2v) is 8.01. The third kappa shape index (κ3) is 3.31. The number of nitrogens with two attached hydrogens (primary N) is 1. The summed E-state index contributed by atoms with van der Waals surface area (Å²) < 4.78 is 2.42. The summed E-state index contributed by atoms with van der Waals surface area (Å²) in [5, 5.41) is 1.33. The summed E-state index contributed by atoms with van der Waals surface area (Å²) in [6, 6.07) is 6.51. The van der Waals surface area contributed by atoms with Crippen molar-refractivity contribution < 1.29 is 4.79 Å². The predicted octanol–water partition coefficient (Wildman–Crippen LogP) is 3.41. The molecule has 152 valence electrons. The second kappa shape index (κ2) is 7.59. The van der Waals surface area contributed by atoms with Crippen LogP contribution in [0.2, 0.25) is 0 Å². The molecule has 0 aliphatic carbocycles. The van der Waals surface area contributed by atoms with Gasteiger partial charge >= 0.3 is 0 Å². The first-order valence-electron chi connectivity index (χ1n) is 10.1. The highest BCUT2D eigenvalue weighted by atomic mass is 16.1. The summed E-state index contributed by atoms with van der Waals surface area (Å²) in [6.07, 6.45) is 8.20. The predicted molar refractivity (Wildman–Crippen MR) is 115 cm³/mol. The fourth-order valence-electron chi connectivity index (χ4n) is 4.92. The van der Waals surface area contributed by atoms with Gasteiger partial charge in [0.1, 0.15) is 11.3 Å². The number of primary amides is 1. The minimum Gasteiger partial charge on any atom is -0.364 e. The molecule has 1 amide bonds. The van der Waals surface area contributed by atoms with Crippen molar-refractivity contribution in [1.82, 2.24) is 19.4 Å². The largest absolute Gasteiger partial charge is 0.364 e. The highest BCUT2D eigenvalue weighted by Crippen LogP contribution is 2.42. The first-order valence-corrected chi connectivity index (χ1v) is 10.1. The first kappa shape index (κ1) is 19.6. The van der Waals surface area contributed by atoms with Crippen molar-refractivity contribution in [2.45, 2.75) is 52.6 Å². The smallest absolute Gasteiger partial charge is 0.267 e. The van der Waals surface area contributed by atoms with Crippen LogP contribution in [0.5, 0.6) is 0 Å². The Morgan fingerprint density at radius 1 is 1.24 bits per heavy atom. The van der Waals surface area contributed by atoms with Gasteiger partial charge in [-0.3, -0.25) is 14.7 Å². The van der Waals surface area contributed by atoms with Crippen LogP contribution < -0.4 is 5.73 Å². The van der Waals surface area contributed by atoms with E-state index < -0.39 is 5.91 Å². The molecule has 2 aliphatic rings. The molecule has 5 heterocycles. The molecule has 29 heavy (non-hydrogen) atoms. The van der Waals surface area contributed by atoms with Crippen molar-refractivity contribution in [1.29, 1.82) is 0 Å². The SMILES string of the molecule is C.Cc1cnc2c(c1)c1c(n2CCc2ccc(C(N)=O)nc2)CCN2CCCC12. The quantitative estimate of drug-likeness (QED) is 0.739. The maximum Gasteiger partial charge on any atom is 0.267 e. The number of hydrogen-bond donors (Lipinski definition) is 1. The molecule has 0 spiro atoms. The summed E-state index contributed by atoms with van der Waals surface area (Å²) in [5.41, 5.74) is 12.0. The number of aromatic nitrogens is 3. The van der Waals surface area contributed by atoms with Crippen LogP contribution in [0.3, 0.4) is 0 Å². The topological polar surface area (TPSA) is 77.0 Å². The molecule has 0 saturated carbocycles. The van der Waals surface area contributed by atoms with Crippen molar-refractivity contribution in [3.8, 4) is 0 Å². The lowest BCUT2D eigenvalue weighted by molar-refractivity contribution is 0.0995. The maximum atomic E-state index is 11.2. The zero-order chi connectivity index (χ0) is 19.3. The molecule has 1 saturated heterocycles. The summed E-state index contributed by atoms with van der Waals surface area (Å²) in [5.74, 6) is -0.488. The molecule has 1 atom stereocenters. The standard InChI is InChI=1S/C22H25N5O.CH4/c1-14-11-16-20-18-3-2-8-26(18)9-7-19(20)27(22(16)25-12-14)10-6-15-4-5-17(21(23)28)24-13-15;/h4-5,11-13,18H,2-3,6-10H2,1H3,(H2,23,28);1H4. The molecule has 0 bridgehead atoms. The highest BCUT2D eigenvalue weighted by Gasteiger charge is 2.35. The average Bonchev–Trinajstić information content (AvgIpc) is 3.28. The van der Waals surface area contributed by atoms with E-state index in [1.165, 1.54) is 41.6 Å². The zero-order valence-corrected chi connectivity index (χ0v) is 16.2. The normalized spacial score (nSPS) is 18.3. The average molecular weight is 392 g/mol. The Bertz CT molecular complexity index is 1050. The van der Waals surface area contributed by atoms with Crippen LogP contribution in [-0.2, 0) is 19.4 Å². The van der Waals surface area contributed by atoms with Crippen LogP contribution in [0.15, 0.2) is 30.6 Å². The van der Waals surface area contributed by atoms with E-state index in [1.54, 1.807) is 12.3 Å². The van der Waals surface area contributed by atoms with Gasteiger partial charge in [-0.25, -0.2) is 4.98 Å². The van der Waals surface area contributed by atoms with Gasteiger partial charge < -0.3 is 10.3 Å². The van der Waals surface area contributed by atoms with Gasteiger partial charge in [-0.1, -0.05) is 13.5 Å². The molecule has 3 aromatic rings. The van der Waals surface area contributed by atoms with Gasteiger partial charge in [0.25, 0.3) is 5.91 Å². The monoisotopic (exact) mass is 391 g/mol. The third-order valence-electron chi connectivity index (χ3n) is 6.22. The second-order valence-electron chi connectivity index (χ2n) is 8.01. The molecular weight excluding hydrogens is 362 g/mol. The molecule has 2 N–H and O–H groups in total. The summed E-state index contributed by atoms with van der Waals surface area (Å²) in [4.78, 5) is 22.9. The van der Waals surface area contributed by atoms with Crippen LogP contribution in [-0.4, -0.2) is 38.4 Å². The lowest BCUT2D eigenvalue weighted by Crippen LogP contribution is -2.31. The van der Waals surface area contributed by atoms with E-state index in [0.717, 1.165) is 37.1 Å². The van der Waals surface area contributed by atoms with E-state index in [1.807, 2.05) is 12.3 Å². The van der Waals surface area contributed by atoms with Crippen LogP contribution in [0.25, 0.3) is 11.0 Å². The molecule has 1 unspecified atom stereocenters. The van der Waals surface area contributed by atoms with Crippen molar-refractivity contribution >= 4 is 16.9 Å². The number of amides is 1. The number of fused-ring (bicyclic) bond motifs is 5. The molecule has 3 aromatic heterocycles. The van der Waals surface area contributed by atoms with Crippen LogP contribution >= 0.6 is 0 Å². The Morgan fingerprint density at radius 3 is 2.86 bits per heavy atom. The summed E-state index contributed by atoms with van der Waals surface area (Å²) in [7, 11) is 0. The van der Waals surface area contributed by atoms with Gasteiger partial charge in [0.15, 0.2) is 0 Å². The van der Waals surface area contributed by atoms with Crippen LogP contribution in [0, 0.1) is 6.92 Å². The van der Waals surface area contributed by atoms with Gasteiger partial charge in [0.2, 0.25) is 0 Å². The lowest BCUT2D eigenvalue weighted by atomic mass is 9.96. The maximum absolute atomic E-state index is 11.2. The minimum absolute atomic E-state index is 0. The van der Waals surface area contributed by atoms with Gasteiger partial charge in [0.05, 0.1) is 0 Å². The molecule has 5 rings (SSSR count). The van der Waals surface area contributed by atoms with Crippen molar-refractivity contribution in [3.05, 3.63) is 58.7 Å². The molecule has 6 nitrogen and oxygen atoms in total. The Kier molecular flexibility index (Phi) is 5.13. The molecule has 0 aromatic carbocycles. The number of aryl methyl sites for hydroxylation is 3. The number of hydrogen-bond acceptors (Lipinski definition) is 4. The molecular formula is C23H29N5O. The van der Waals surface area contributed by atoms with Crippen molar-refractivity contribution in [2.75, 3.05) is 13.1 Å². The number of rotatable bonds is 4. The van der Waals surface area contributed by atoms with Gasteiger partial charge in [-0.2, -0.15) is 0 Å². The van der Waals surface area contributed by atoms with Crippen LogP contribution in [0.1, 0.15) is 59.2 Å². The number of carbonyl (C=O) groups excluding carboxylic acids is 1. The van der Waals surface area contributed by atoms with E-state index in [4.69, 9.17) is 10.7 Å². The molecule has 1 fully saturated rings. The molecule has 6 heteroatoms. The molecule has 0 radical (unpaired) electrons. The summed E-state index contributed by atoms with van der Waals surface area (Å²) >= 11 is 0. The third-order valence-corrected chi connectivity index (χ3v) is 6.22. The Morgan fingerprint density at radius 2 is 2.10 bits per heavy atom. The number of carbonyl (C=O) groups is 1. The summed E-state index contributed by atoms with van der Waals surface area (Å²) in [6.45, 7) is 5.35. The lowest BCUT2D eigenvalue weighted by Gasteiger charge is -2.31. The van der Waals surface area contributed by atoms with Crippen LogP contribution in [0.4, 0.5) is 0 Å². The van der Waals surface area contributed by atoms with Gasteiger partial charge in [-0.15, -0.1) is 0 Å². The fraction of sp³-hybridized carbons (Fsp3) is 0.435. The van der Waals surface area contributed by atoms with E-state index in [0.29, 0.717) is 11.7 Å².